The predicted molar refractivity (Wildman–Crippen MR) is 77.1 cm³/mol. The molecule has 0 radical (unpaired) electrons. The summed E-state index contributed by atoms with van der Waals surface area (Å²) < 4.78 is 4.99. The largest absolute Gasteiger partial charge is 0.478 e. The van der Waals surface area contributed by atoms with Gasteiger partial charge in [-0.1, -0.05) is 6.07 Å². The maximum absolute atomic E-state index is 12.2. The molecule has 1 aliphatic rings. The van der Waals surface area contributed by atoms with Crippen molar-refractivity contribution < 1.29 is 19.4 Å². The SMILES string of the molecule is COCCC(C)NC(=O)N1Cc2ccc(C(=O)O)cc2C1. The number of urea groups is 1. The van der Waals surface area contributed by atoms with E-state index in [2.05, 4.69) is 5.32 Å². The van der Waals surface area contributed by atoms with Crippen molar-refractivity contribution in [2.24, 2.45) is 0 Å². The van der Waals surface area contributed by atoms with E-state index in [1.54, 1.807) is 30.2 Å². The molecular weight excluding hydrogens is 272 g/mol. The van der Waals surface area contributed by atoms with E-state index in [0.29, 0.717) is 19.7 Å². The minimum atomic E-state index is -0.950. The summed E-state index contributed by atoms with van der Waals surface area (Å²) in [4.78, 5) is 24.8. The highest BCUT2D eigenvalue weighted by Crippen LogP contribution is 2.24. The molecule has 0 saturated carbocycles. The summed E-state index contributed by atoms with van der Waals surface area (Å²) >= 11 is 0. The molecule has 0 spiro atoms. The minimum Gasteiger partial charge on any atom is -0.478 e. The van der Waals surface area contributed by atoms with Crippen LogP contribution in [0.1, 0.15) is 34.8 Å². The molecule has 0 aliphatic carbocycles. The van der Waals surface area contributed by atoms with E-state index in [1.165, 1.54) is 0 Å². The zero-order valence-electron chi connectivity index (χ0n) is 12.3. The van der Waals surface area contributed by atoms with Crippen LogP contribution in [-0.4, -0.2) is 41.8 Å². The number of carbonyl (C=O) groups excluding carboxylic acids is 1. The van der Waals surface area contributed by atoms with E-state index >= 15 is 0 Å². The van der Waals surface area contributed by atoms with Gasteiger partial charge in [-0.05, 0) is 36.6 Å². The summed E-state index contributed by atoms with van der Waals surface area (Å²) in [6.45, 7) is 3.49. The number of aromatic carboxylic acids is 1. The number of fused-ring (bicyclic) bond motifs is 1. The first-order valence-corrected chi connectivity index (χ1v) is 6.90. The molecule has 1 heterocycles. The van der Waals surface area contributed by atoms with Crippen LogP contribution in [0, 0.1) is 0 Å². The number of hydrogen-bond acceptors (Lipinski definition) is 3. The molecule has 0 fully saturated rings. The Morgan fingerprint density at radius 2 is 2.10 bits per heavy atom. The van der Waals surface area contributed by atoms with E-state index in [1.807, 2.05) is 6.92 Å². The van der Waals surface area contributed by atoms with E-state index < -0.39 is 5.97 Å². The van der Waals surface area contributed by atoms with Gasteiger partial charge in [0.15, 0.2) is 0 Å². The van der Waals surface area contributed by atoms with Gasteiger partial charge in [-0.25, -0.2) is 9.59 Å². The van der Waals surface area contributed by atoms with Gasteiger partial charge in [0.25, 0.3) is 0 Å². The Hall–Kier alpha value is -2.08. The maximum atomic E-state index is 12.2. The predicted octanol–water partition coefficient (Wildman–Crippen LogP) is 1.83. The molecule has 21 heavy (non-hydrogen) atoms. The fourth-order valence-electron chi connectivity index (χ4n) is 2.34. The van der Waals surface area contributed by atoms with Crippen LogP contribution in [0.3, 0.4) is 0 Å². The van der Waals surface area contributed by atoms with Crippen LogP contribution in [-0.2, 0) is 17.8 Å². The molecule has 2 N–H and O–H groups in total. The Bertz CT molecular complexity index is 544. The molecule has 0 saturated heterocycles. The number of carboxylic acid groups (broad SMARTS) is 1. The van der Waals surface area contributed by atoms with Crippen LogP contribution in [0.2, 0.25) is 0 Å². The van der Waals surface area contributed by atoms with Gasteiger partial charge in [-0.2, -0.15) is 0 Å². The first-order chi connectivity index (χ1) is 10.0. The topological polar surface area (TPSA) is 78.9 Å². The van der Waals surface area contributed by atoms with E-state index in [-0.39, 0.29) is 17.6 Å². The Morgan fingerprint density at radius 1 is 1.38 bits per heavy atom. The zero-order chi connectivity index (χ0) is 15.4. The van der Waals surface area contributed by atoms with Gasteiger partial charge in [-0.15, -0.1) is 0 Å². The van der Waals surface area contributed by atoms with Crippen molar-refractivity contribution in [3.63, 3.8) is 0 Å². The van der Waals surface area contributed by atoms with Crippen LogP contribution in [0.4, 0.5) is 4.79 Å². The molecule has 1 atom stereocenters. The molecule has 6 heteroatoms. The number of methoxy groups -OCH3 is 1. The van der Waals surface area contributed by atoms with E-state index in [0.717, 1.165) is 17.5 Å². The molecule has 1 aromatic carbocycles. The highest BCUT2D eigenvalue weighted by atomic mass is 16.5. The number of rotatable bonds is 5. The average molecular weight is 292 g/mol. The van der Waals surface area contributed by atoms with Crippen molar-refractivity contribution in [2.75, 3.05) is 13.7 Å². The highest BCUT2D eigenvalue weighted by Gasteiger charge is 2.24. The molecule has 2 amide bonds. The minimum absolute atomic E-state index is 0.0377. The Morgan fingerprint density at radius 3 is 2.76 bits per heavy atom. The van der Waals surface area contributed by atoms with Crippen molar-refractivity contribution >= 4 is 12.0 Å². The lowest BCUT2D eigenvalue weighted by atomic mass is 10.1. The average Bonchev–Trinajstić information content (AvgIpc) is 2.87. The number of ether oxygens (including phenoxy) is 1. The third-order valence-corrected chi connectivity index (χ3v) is 3.59. The summed E-state index contributed by atoms with van der Waals surface area (Å²) in [5, 5.41) is 11.9. The second-order valence-corrected chi connectivity index (χ2v) is 5.28. The van der Waals surface area contributed by atoms with Gasteiger partial charge in [0, 0.05) is 32.8 Å². The van der Waals surface area contributed by atoms with Gasteiger partial charge in [0.05, 0.1) is 5.56 Å². The van der Waals surface area contributed by atoms with Crippen LogP contribution in [0.25, 0.3) is 0 Å². The fraction of sp³-hybridized carbons (Fsp3) is 0.467. The van der Waals surface area contributed by atoms with E-state index in [4.69, 9.17) is 9.84 Å². The molecular formula is C15H20N2O4. The molecule has 2 rings (SSSR count). The molecule has 114 valence electrons. The van der Waals surface area contributed by atoms with Gasteiger partial charge in [0.1, 0.15) is 0 Å². The van der Waals surface area contributed by atoms with Crippen LogP contribution in [0.5, 0.6) is 0 Å². The lowest BCUT2D eigenvalue weighted by molar-refractivity contribution is 0.0696. The number of carboxylic acids is 1. The number of amides is 2. The molecule has 6 nitrogen and oxygen atoms in total. The van der Waals surface area contributed by atoms with Crippen molar-refractivity contribution in [2.45, 2.75) is 32.5 Å². The number of nitrogens with one attached hydrogen (secondary N) is 1. The third-order valence-electron chi connectivity index (χ3n) is 3.59. The van der Waals surface area contributed by atoms with Crippen LogP contribution >= 0.6 is 0 Å². The maximum Gasteiger partial charge on any atom is 0.335 e. The molecule has 1 unspecified atom stereocenters. The first-order valence-electron chi connectivity index (χ1n) is 6.90. The number of nitrogens with zero attached hydrogens (tertiary/aromatic N) is 1. The second kappa shape index (κ2) is 6.58. The molecule has 1 aliphatic heterocycles. The van der Waals surface area contributed by atoms with Crippen molar-refractivity contribution in [3.8, 4) is 0 Å². The lowest BCUT2D eigenvalue weighted by Gasteiger charge is -2.20. The molecule has 0 aromatic heterocycles. The monoisotopic (exact) mass is 292 g/mol. The highest BCUT2D eigenvalue weighted by molar-refractivity contribution is 5.88. The number of carbonyl (C=O) groups is 2. The summed E-state index contributed by atoms with van der Waals surface area (Å²) in [5.41, 5.74) is 2.15. The smallest absolute Gasteiger partial charge is 0.335 e. The number of benzene rings is 1. The Kier molecular flexibility index (Phi) is 4.80. The van der Waals surface area contributed by atoms with Crippen molar-refractivity contribution in [1.82, 2.24) is 10.2 Å². The van der Waals surface area contributed by atoms with Gasteiger partial charge < -0.3 is 20.1 Å². The first kappa shape index (κ1) is 15.3. The summed E-state index contributed by atoms with van der Waals surface area (Å²) in [6, 6.07) is 4.89. The quantitative estimate of drug-likeness (QED) is 0.868. The van der Waals surface area contributed by atoms with Gasteiger partial charge >= 0.3 is 12.0 Å². The second-order valence-electron chi connectivity index (χ2n) is 5.28. The Balaban J connectivity index is 1.96. The fourth-order valence-corrected chi connectivity index (χ4v) is 2.34. The zero-order valence-corrected chi connectivity index (χ0v) is 12.3. The normalized spacial score (nSPS) is 14.7. The third kappa shape index (κ3) is 3.72. The lowest BCUT2D eigenvalue weighted by Crippen LogP contribution is -2.41. The van der Waals surface area contributed by atoms with E-state index in [9.17, 15) is 9.59 Å². The van der Waals surface area contributed by atoms with Gasteiger partial charge in [-0.3, -0.25) is 0 Å². The van der Waals surface area contributed by atoms with Gasteiger partial charge in [0.2, 0.25) is 0 Å². The number of hydrogen-bond donors (Lipinski definition) is 2. The summed E-state index contributed by atoms with van der Waals surface area (Å²) in [5.74, 6) is -0.950. The summed E-state index contributed by atoms with van der Waals surface area (Å²) in [6.07, 6.45) is 0.756. The van der Waals surface area contributed by atoms with Crippen molar-refractivity contribution in [1.29, 1.82) is 0 Å². The van der Waals surface area contributed by atoms with Crippen LogP contribution in [0.15, 0.2) is 18.2 Å². The van der Waals surface area contributed by atoms with Crippen LogP contribution < -0.4 is 5.32 Å². The Labute approximate surface area is 123 Å². The molecule has 1 aromatic rings. The molecule has 0 bridgehead atoms. The summed E-state index contributed by atoms with van der Waals surface area (Å²) in [7, 11) is 1.63. The standard InChI is InChI=1S/C15H20N2O4/c1-10(5-6-21-2)16-15(20)17-8-12-4-3-11(14(18)19)7-13(12)9-17/h3-4,7,10H,5-6,8-9H2,1-2H3,(H,16,20)(H,18,19). The van der Waals surface area contributed by atoms with Crippen molar-refractivity contribution in [3.05, 3.63) is 34.9 Å².